The molecule has 0 fully saturated rings. The number of aryl methyl sites for hydroxylation is 1. The van der Waals surface area contributed by atoms with Crippen LogP contribution in [0.2, 0.25) is 5.28 Å². The zero-order valence-electron chi connectivity index (χ0n) is 8.29. The fraction of sp³-hybridized carbons (Fsp3) is 0.556. The zero-order chi connectivity index (χ0) is 10.6. The first kappa shape index (κ1) is 11.2. The van der Waals surface area contributed by atoms with E-state index in [4.69, 9.17) is 16.7 Å². The molecule has 1 unspecified atom stereocenters. The number of nitrogens with one attached hydrogen (secondary N) is 1. The lowest BCUT2D eigenvalue weighted by molar-refractivity contribution is 0.188. The van der Waals surface area contributed by atoms with Crippen molar-refractivity contribution in [2.45, 2.75) is 26.4 Å². The first-order valence-corrected chi connectivity index (χ1v) is 4.89. The van der Waals surface area contributed by atoms with Crippen LogP contribution in [0.4, 0.5) is 5.82 Å². The number of aromatic nitrogens is 2. The Labute approximate surface area is 88.3 Å². The Morgan fingerprint density at radius 1 is 1.57 bits per heavy atom. The second-order valence-corrected chi connectivity index (χ2v) is 3.57. The third kappa shape index (κ3) is 3.89. The minimum absolute atomic E-state index is 0.240. The molecule has 0 saturated carbocycles. The van der Waals surface area contributed by atoms with Crippen LogP contribution in [0.5, 0.6) is 0 Å². The lowest BCUT2D eigenvalue weighted by atomic mass is 10.3. The highest BCUT2D eigenvalue weighted by atomic mass is 35.5. The SMILES string of the molecule is Cc1cc(NCCC(C)O)nc(Cl)n1. The maximum Gasteiger partial charge on any atom is 0.224 e. The topological polar surface area (TPSA) is 58.0 Å². The van der Waals surface area contributed by atoms with Gasteiger partial charge in [-0.05, 0) is 31.9 Å². The Bertz CT molecular complexity index is 284. The van der Waals surface area contributed by atoms with Crippen LogP contribution in [0, 0.1) is 6.92 Å². The molecule has 4 nitrogen and oxygen atoms in total. The van der Waals surface area contributed by atoms with Gasteiger partial charge in [0.15, 0.2) is 0 Å². The van der Waals surface area contributed by atoms with Gasteiger partial charge in [-0.2, -0.15) is 0 Å². The molecule has 1 aromatic heterocycles. The fourth-order valence-corrected chi connectivity index (χ4v) is 1.26. The summed E-state index contributed by atoms with van der Waals surface area (Å²) in [5.41, 5.74) is 0.824. The van der Waals surface area contributed by atoms with Gasteiger partial charge in [-0.3, -0.25) is 0 Å². The molecule has 0 bridgehead atoms. The molecular formula is C9H14ClN3O. The lowest BCUT2D eigenvalue weighted by Gasteiger charge is -2.07. The van der Waals surface area contributed by atoms with Gasteiger partial charge < -0.3 is 10.4 Å². The second kappa shape index (κ2) is 5.12. The Morgan fingerprint density at radius 2 is 2.29 bits per heavy atom. The predicted molar refractivity (Wildman–Crippen MR) is 56.6 cm³/mol. The summed E-state index contributed by atoms with van der Waals surface area (Å²) >= 11 is 5.68. The highest BCUT2D eigenvalue weighted by Crippen LogP contribution is 2.09. The van der Waals surface area contributed by atoms with E-state index in [0.29, 0.717) is 18.8 Å². The quantitative estimate of drug-likeness (QED) is 0.750. The smallest absolute Gasteiger partial charge is 0.224 e. The highest BCUT2D eigenvalue weighted by molar-refractivity contribution is 6.28. The highest BCUT2D eigenvalue weighted by Gasteiger charge is 2.00. The van der Waals surface area contributed by atoms with Crippen LogP contribution >= 0.6 is 11.6 Å². The van der Waals surface area contributed by atoms with E-state index >= 15 is 0 Å². The summed E-state index contributed by atoms with van der Waals surface area (Å²) in [4.78, 5) is 7.93. The number of hydrogen-bond donors (Lipinski definition) is 2. The number of hydrogen-bond acceptors (Lipinski definition) is 4. The summed E-state index contributed by atoms with van der Waals surface area (Å²) < 4.78 is 0. The van der Waals surface area contributed by atoms with Crippen molar-refractivity contribution in [2.24, 2.45) is 0 Å². The van der Waals surface area contributed by atoms with Crippen LogP contribution in [0.1, 0.15) is 19.0 Å². The average Bonchev–Trinajstić information content (AvgIpc) is 2.01. The Balaban J connectivity index is 2.50. The molecular weight excluding hydrogens is 202 g/mol. The van der Waals surface area contributed by atoms with Gasteiger partial charge in [0.1, 0.15) is 5.82 Å². The van der Waals surface area contributed by atoms with Crippen molar-refractivity contribution >= 4 is 17.4 Å². The summed E-state index contributed by atoms with van der Waals surface area (Å²) in [6.07, 6.45) is 0.377. The molecule has 0 aromatic carbocycles. The van der Waals surface area contributed by atoms with Gasteiger partial charge in [0.2, 0.25) is 5.28 Å². The van der Waals surface area contributed by atoms with Crippen LogP contribution in [0.15, 0.2) is 6.07 Å². The van der Waals surface area contributed by atoms with Crippen LogP contribution in [0.25, 0.3) is 0 Å². The molecule has 1 atom stereocenters. The summed E-state index contributed by atoms with van der Waals surface area (Å²) in [6.45, 7) is 4.28. The molecule has 14 heavy (non-hydrogen) atoms. The third-order valence-electron chi connectivity index (χ3n) is 1.70. The van der Waals surface area contributed by atoms with E-state index in [1.807, 2.05) is 13.0 Å². The van der Waals surface area contributed by atoms with Gasteiger partial charge in [-0.25, -0.2) is 9.97 Å². The van der Waals surface area contributed by atoms with Crippen molar-refractivity contribution in [3.63, 3.8) is 0 Å². The van der Waals surface area contributed by atoms with Crippen molar-refractivity contribution < 1.29 is 5.11 Å². The van der Waals surface area contributed by atoms with Crippen LogP contribution < -0.4 is 5.32 Å². The molecule has 0 aliphatic carbocycles. The number of aliphatic hydroxyl groups is 1. The molecule has 0 aliphatic rings. The van der Waals surface area contributed by atoms with E-state index in [-0.39, 0.29) is 11.4 Å². The van der Waals surface area contributed by atoms with Crippen molar-refractivity contribution in [3.05, 3.63) is 17.0 Å². The summed E-state index contributed by atoms with van der Waals surface area (Å²) in [5.74, 6) is 0.697. The van der Waals surface area contributed by atoms with Crippen molar-refractivity contribution in [3.8, 4) is 0 Å². The monoisotopic (exact) mass is 215 g/mol. The first-order chi connectivity index (χ1) is 6.58. The van der Waals surface area contributed by atoms with Crippen molar-refractivity contribution in [1.82, 2.24) is 9.97 Å². The van der Waals surface area contributed by atoms with Crippen molar-refractivity contribution in [2.75, 3.05) is 11.9 Å². The molecule has 0 radical (unpaired) electrons. The van der Waals surface area contributed by atoms with E-state index in [2.05, 4.69) is 15.3 Å². The maximum absolute atomic E-state index is 9.04. The molecule has 1 aromatic rings. The lowest BCUT2D eigenvalue weighted by Crippen LogP contribution is -2.10. The molecule has 0 amide bonds. The molecule has 0 aliphatic heterocycles. The first-order valence-electron chi connectivity index (χ1n) is 4.51. The van der Waals surface area contributed by atoms with Crippen LogP contribution in [0.3, 0.4) is 0 Å². The maximum atomic E-state index is 9.04. The summed E-state index contributed by atoms with van der Waals surface area (Å²) in [6, 6.07) is 1.81. The molecule has 1 rings (SSSR count). The van der Waals surface area contributed by atoms with E-state index in [9.17, 15) is 0 Å². The van der Waals surface area contributed by atoms with E-state index < -0.39 is 0 Å². The number of nitrogens with zero attached hydrogens (tertiary/aromatic N) is 2. The molecule has 1 heterocycles. The third-order valence-corrected chi connectivity index (χ3v) is 1.86. The number of aliphatic hydroxyl groups excluding tert-OH is 1. The van der Waals surface area contributed by atoms with Gasteiger partial charge in [-0.1, -0.05) is 0 Å². The fourth-order valence-electron chi connectivity index (χ4n) is 1.03. The summed E-state index contributed by atoms with van der Waals surface area (Å²) in [5, 5.41) is 12.3. The van der Waals surface area contributed by atoms with E-state index in [1.165, 1.54) is 0 Å². The number of anilines is 1. The number of halogens is 1. The minimum atomic E-state index is -0.305. The van der Waals surface area contributed by atoms with Gasteiger partial charge in [0, 0.05) is 18.3 Å². The zero-order valence-corrected chi connectivity index (χ0v) is 9.04. The standard InChI is InChI=1S/C9H14ClN3O/c1-6-5-8(13-9(10)12-6)11-4-3-7(2)14/h5,7,14H,3-4H2,1-2H3,(H,11,12,13). The summed E-state index contributed by atoms with van der Waals surface area (Å²) in [7, 11) is 0. The average molecular weight is 216 g/mol. The van der Waals surface area contributed by atoms with Crippen LogP contribution in [-0.2, 0) is 0 Å². The molecule has 78 valence electrons. The predicted octanol–water partition coefficient (Wildman–Crippen LogP) is 1.62. The molecule has 0 saturated heterocycles. The van der Waals surface area contributed by atoms with Gasteiger partial charge >= 0.3 is 0 Å². The Kier molecular flexibility index (Phi) is 4.10. The normalized spacial score (nSPS) is 12.6. The second-order valence-electron chi connectivity index (χ2n) is 3.23. The van der Waals surface area contributed by atoms with Gasteiger partial charge in [-0.15, -0.1) is 0 Å². The number of rotatable bonds is 4. The largest absolute Gasteiger partial charge is 0.393 e. The van der Waals surface area contributed by atoms with E-state index in [1.54, 1.807) is 6.92 Å². The van der Waals surface area contributed by atoms with Gasteiger partial charge in [0.25, 0.3) is 0 Å². The van der Waals surface area contributed by atoms with Crippen LogP contribution in [-0.4, -0.2) is 27.7 Å². The Morgan fingerprint density at radius 3 is 2.86 bits per heavy atom. The minimum Gasteiger partial charge on any atom is -0.393 e. The Hall–Kier alpha value is -0.870. The molecule has 2 N–H and O–H groups in total. The van der Waals surface area contributed by atoms with Gasteiger partial charge in [0.05, 0.1) is 6.10 Å². The van der Waals surface area contributed by atoms with E-state index in [0.717, 1.165) is 5.69 Å². The van der Waals surface area contributed by atoms with Crippen molar-refractivity contribution in [1.29, 1.82) is 0 Å². The molecule has 0 spiro atoms. The molecule has 5 heteroatoms.